The van der Waals surface area contributed by atoms with Crippen LogP contribution in [0.15, 0.2) is 36.5 Å². The summed E-state index contributed by atoms with van der Waals surface area (Å²) in [7, 11) is 0. The van der Waals surface area contributed by atoms with Crippen molar-refractivity contribution >= 4 is 17.4 Å². The Morgan fingerprint density at radius 2 is 2.12 bits per heavy atom. The molecule has 6 heteroatoms. The van der Waals surface area contributed by atoms with Crippen LogP contribution in [0.25, 0.3) is 0 Å². The van der Waals surface area contributed by atoms with Gasteiger partial charge in [-0.15, -0.1) is 0 Å². The summed E-state index contributed by atoms with van der Waals surface area (Å²) >= 11 is 6.23. The molecule has 24 heavy (non-hydrogen) atoms. The summed E-state index contributed by atoms with van der Waals surface area (Å²) in [6, 6.07) is 7.13. The maximum absolute atomic E-state index is 14.0. The number of nitrogens with zero attached hydrogens (tertiary/aromatic N) is 2. The van der Waals surface area contributed by atoms with Gasteiger partial charge in [-0.05, 0) is 43.0 Å². The molecular formula is C18H19ClF2N2O. The standard InChI is InChI=1S/C18H19ClF2N2O/c19-15-3-1-7-22-17(15)23-8-2-6-18(11-23,12-24)10-13-4-5-14(20)9-16(13)21/h1,3-5,7,9,24H,2,6,8,10-12H2/t18-/m0/s1. The van der Waals surface area contributed by atoms with Gasteiger partial charge in [-0.2, -0.15) is 0 Å². The second-order valence-corrected chi connectivity index (χ2v) is 6.81. The van der Waals surface area contributed by atoms with Crippen molar-refractivity contribution in [1.29, 1.82) is 0 Å². The predicted molar refractivity (Wildman–Crippen MR) is 90.3 cm³/mol. The summed E-state index contributed by atoms with van der Waals surface area (Å²) in [5.41, 5.74) is -0.0861. The van der Waals surface area contributed by atoms with Crippen LogP contribution < -0.4 is 4.90 Å². The normalized spacial score (nSPS) is 21.1. The molecule has 0 spiro atoms. The van der Waals surface area contributed by atoms with Crippen LogP contribution in [0.4, 0.5) is 14.6 Å². The van der Waals surface area contributed by atoms with E-state index in [9.17, 15) is 13.9 Å². The predicted octanol–water partition coefficient (Wildman–Crippen LogP) is 3.83. The van der Waals surface area contributed by atoms with Crippen molar-refractivity contribution in [1.82, 2.24) is 4.98 Å². The van der Waals surface area contributed by atoms with Crippen LogP contribution in [-0.4, -0.2) is 29.8 Å². The molecule has 1 aliphatic heterocycles. The van der Waals surface area contributed by atoms with Crippen LogP contribution in [0.1, 0.15) is 18.4 Å². The number of aliphatic hydroxyl groups is 1. The van der Waals surface area contributed by atoms with Crippen molar-refractivity contribution in [2.24, 2.45) is 5.41 Å². The third-order valence-corrected chi connectivity index (χ3v) is 4.91. The van der Waals surface area contributed by atoms with E-state index in [-0.39, 0.29) is 6.61 Å². The molecule has 1 N–H and O–H groups in total. The van der Waals surface area contributed by atoms with Crippen LogP contribution in [0, 0.1) is 17.0 Å². The molecule has 1 aliphatic rings. The summed E-state index contributed by atoms with van der Waals surface area (Å²) in [6.07, 6.45) is 3.63. The first kappa shape index (κ1) is 17.1. The highest BCUT2D eigenvalue weighted by molar-refractivity contribution is 6.32. The van der Waals surface area contributed by atoms with E-state index in [1.54, 1.807) is 18.3 Å². The molecule has 1 aromatic heterocycles. The minimum atomic E-state index is -0.597. The topological polar surface area (TPSA) is 36.4 Å². The summed E-state index contributed by atoms with van der Waals surface area (Å²) in [5, 5.41) is 10.6. The lowest BCUT2D eigenvalue weighted by atomic mass is 9.75. The fourth-order valence-corrected chi connectivity index (χ4v) is 3.64. The van der Waals surface area contributed by atoms with E-state index in [0.717, 1.165) is 25.5 Å². The van der Waals surface area contributed by atoms with Gasteiger partial charge in [0.25, 0.3) is 0 Å². The smallest absolute Gasteiger partial charge is 0.147 e. The number of anilines is 1. The van der Waals surface area contributed by atoms with Crippen LogP contribution in [0.2, 0.25) is 5.02 Å². The Morgan fingerprint density at radius 1 is 1.29 bits per heavy atom. The fraction of sp³-hybridized carbons (Fsp3) is 0.389. The lowest BCUT2D eigenvalue weighted by molar-refractivity contribution is 0.104. The highest BCUT2D eigenvalue weighted by Gasteiger charge is 2.36. The zero-order chi connectivity index (χ0) is 17.2. The van der Waals surface area contributed by atoms with Gasteiger partial charge in [0.1, 0.15) is 17.5 Å². The molecule has 2 heterocycles. The van der Waals surface area contributed by atoms with Gasteiger partial charge in [-0.3, -0.25) is 0 Å². The molecule has 0 bridgehead atoms. The SMILES string of the molecule is OC[C@]1(Cc2ccc(F)cc2F)CCCN(c2ncccc2Cl)C1. The van der Waals surface area contributed by atoms with Crippen LogP contribution in [0.5, 0.6) is 0 Å². The minimum absolute atomic E-state index is 0.0786. The maximum Gasteiger partial charge on any atom is 0.147 e. The van der Waals surface area contributed by atoms with E-state index >= 15 is 0 Å². The van der Waals surface area contributed by atoms with E-state index < -0.39 is 17.0 Å². The number of halogens is 3. The van der Waals surface area contributed by atoms with Crippen LogP contribution >= 0.6 is 11.6 Å². The monoisotopic (exact) mass is 352 g/mol. The van der Waals surface area contributed by atoms with Gasteiger partial charge in [-0.1, -0.05) is 17.7 Å². The average Bonchev–Trinajstić information content (AvgIpc) is 2.58. The average molecular weight is 353 g/mol. The van der Waals surface area contributed by atoms with Crippen molar-refractivity contribution in [3.8, 4) is 0 Å². The first-order chi connectivity index (χ1) is 11.5. The van der Waals surface area contributed by atoms with Gasteiger partial charge in [0.2, 0.25) is 0 Å². The van der Waals surface area contributed by atoms with Gasteiger partial charge in [0.05, 0.1) is 11.6 Å². The number of hydrogen-bond acceptors (Lipinski definition) is 3. The third kappa shape index (κ3) is 3.52. The van der Waals surface area contributed by atoms with Crippen molar-refractivity contribution < 1.29 is 13.9 Å². The Hall–Kier alpha value is -1.72. The Kier molecular flexibility index (Phi) is 5.01. The Balaban J connectivity index is 1.85. The molecule has 2 aromatic rings. The van der Waals surface area contributed by atoms with Crippen molar-refractivity contribution in [2.75, 3.05) is 24.6 Å². The van der Waals surface area contributed by atoms with Crippen LogP contribution in [-0.2, 0) is 6.42 Å². The Labute approximate surface area is 144 Å². The fourth-order valence-electron chi connectivity index (χ4n) is 3.40. The molecule has 1 fully saturated rings. The molecule has 3 nitrogen and oxygen atoms in total. The number of aromatic nitrogens is 1. The number of aliphatic hydroxyl groups excluding tert-OH is 1. The van der Waals surface area contributed by atoms with E-state index in [2.05, 4.69) is 4.98 Å². The zero-order valence-corrected chi connectivity index (χ0v) is 13.9. The van der Waals surface area contributed by atoms with Crippen molar-refractivity contribution in [2.45, 2.75) is 19.3 Å². The molecule has 1 aromatic carbocycles. The second kappa shape index (κ2) is 7.03. The molecule has 0 radical (unpaired) electrons. The largest absolute Gasteiger partial charge is 0.396 e. The van der Waals surface area contributed by atoms with E-state index in [1.165, 1.54) is 12.1 Å². The van der Waals surface area contributed by atoms with E-state index in [4.69, 9.17) is 11.6 Å². The first-order valence-corrected chi connectivity index (χ1v) is 8.31. The molecule has 1 atom stereocenters. The van der Waals surface area contributed by atoms with Gasteiger partial charge < -0.3 is 10.0 Å². The lowest BCUT2D eigenvalue weighted by Crippen LogP contribution is -2.47. The Morgan fingerprint density at radius 3 is 2.83 bits per heavy atom. The number of piperidine rings is 1. The van der Waals surface area contributed by atoms with Gasteiger partial charge in [-0.25, -0.2) is 13.8 Å². The summed E-state index contributed by atoms with van der Waals surface area (Å²) in [6.45, 7) is 1.23. The summed E-state index contributed by atoms with van der Waals surface area (Å²) in [5.74, 6) is -0.494. The molecule has 0 amide bonds. The number of hydrogen-bond donors (Lipinski definition) is 1. The van der Waals surface area contributed by atoms with Crippen molar-refractivity contribution in [3.63, 3.8) is 0 Å². The third-order valence-electron chi connectivity index (χ3n) is 4.62. The zero-order valence-electron chi connectivity index (χ0n) is 13.2. The highest BCUT2D eigenvalue weighted by Crippen LogP contribution is 2.37. The summed E-state index contributed by atoms with van der Waals surface area (Å²) < 4.78 is 27.1. The quantitative estimate of drug-likeness (QED) is 0.908. The van der Waals surface area contributed by atoms with Gasteiger partial charge >= 0.3 is 0 Å². The molecule has 0 saturated carbocycles. The van der Waals surface area contributed by atoms with Crippen LogP contribution in [0.3, 0.4) is 0 Å². The minimum Gasteiger partial charge on any atom is -0.396 e. The molecular weight excluding hydrogens is 334 g/mol. The summed E-state index contributed by atoms with van der Waals surface area (Å²) in [4.78, 5) is 6.36. The number of benzene rings is 1. The van der Waals surface area contributed by atoms with Crippen molar-refractivity contribution in [3.05, 3.63) is 58.7 Å². The maximum atomic E-state index is 14.0. The molecule has 128 valence electrons. The van der Waals surface area contributed by atoms with Gasteiger partial charge in [0.15, 0.2) is 0 Å². The molecule has 0 unspecified atom stereocenters. The number of rotatable bonds is 4. The highest BCUT2D eigenvalue weighted by atomic mass is 35.5. The first-order valence-electron chi connectivity index (χ1n) is 7.93. The molecule has 1 saturated heterocycles. The molecule has 3 rings (SSSR count). The lowest BCUT2D eigenvalue weighted by Gasteiger charge is -2.42. The number of pyridine rings is 1. The van der Waals surface area contributed by atoms with E-state index in [1.807, 2.05) is 4.90 Å². The second-order valence-electron chi connectivity index (χ2n) is 6.40. The Bertz CT molecular complexity index is 728. The van der Waals surface area contributed by atoms with E-state index in [0.29, 0.717) is 29.4 Å². The molecule has 0 aliphatic carbocycles. The van der Waals surface area contributed by atoms with Gasteiger partial charge in [0, 0.05) is 30.8 Å².